The van der Waals surface area contributed by atoms with Gasteiger partial charge in [-0.3, -0.25) is 9.79 Å². The molecule has 2 rings (SSSR count). The molecule has 0 aromatic heterocycles. The highest BCUT2D eigenvalue weighted by Crippen LogP contribution is 2.18. The molecule has 1 aliphatic rings. The molecule has 0 spiro atoms. The van der Waals surface area contributed by atoms with E-state index in [4.69, 9.17) is 11.6 Å². The first-order valence-corrected chi connectivity index (χ1v) is 9.06. The fourth-order valence-corrected chi connectivity index (χ4v) is 2.44. The van der Waals surface area contributed by atoms with Gasteiger partial charge in [0.2, 0.25) is 5.91 Å². The minimum Gasteiger partial charge on any atom is -0.357 e. The molecule has 1 saturated carbocycles. The summed E-state index contributed by atoms with van der Waals surface area (Å²) < 4.78 is 0. The van der Waals surface area contributed by atoms with Gasteiger partial charge in [0.1, 0.15) is 0 Å². The van der Waals surface area contributed by atoms with Crippen LogP contribution in [0.4, 0.5) is 0 Å². The van der Waals surface area contributed by atoms with Crippen LogP contribution in [0.5, 0.6) is 0 Å². The lowest BCUT2D eigenvalue weighted by molar-refractivity contribution is -0.121. The van der Waals surface area contributed by atoms with E-state index in [2.05, 4.69) is 27.9 Å². The number of rotatable bonds is 8. The zero-order valence-corrected chi connectivity index (χ0v) is 15.2. The molecular weight excluding hydrogens is 324 g/mol. The SMILES string of the molecule is CCNC(=NCCCC(=O)NC1CC1)NC(C)c1ccc(Cl)cc1. The first kappa shape index (κ1) is 18.6. The van der Waals surface area contributed by atoms with Crippen LogP contribution in [0.25, 0.3) is 0 Å². The molecule has 1 atom stereocenters. The Morgan fingerprint density at radius 1 is 1.33 bits per heavy atom. The van der Waals surface area contributed by atoms with Gasteiger partial charge in [-0.15, -0.1) is 0 Å². The van der Waals surface area contributed by atoms with Gasteiger partial charge in [0.25, 0.3) is 0 Å². The normalized spacial score (nSPS) is 15.7. The second-order valence-corrected chi connectivity index (χ2v) is 6.56. The maximum atomic E-state index is 11.7. The average Bonchev–Trinajstić information content (AvgIpc) is 3.36. The molecule has 1 fully saturated rings. The smallest absolute Gasteiger partial charge is 0.220 e. The molecule has 0 saturated heterocycles. The zero-order chi connectivity index (χ0) is 17.4. The fraction of sp³-hybridized carbons (Fsp3) is 0.556. The number of halogens is 1. The van der Waals surface area contributed by atoms with Gasteiger partial charge in [-0.2, -0.15) is 0 Å². The number of aliphatic imine (C=N–C) groups is 1. The lowest BCUT2D eigenvalue weighted by atomic mass is 10.1. The van der Waals surface area contributed by atoms with Crippen molar-refractivity contribution in [2.45, 2.75) is 51.6 Å². The summed E-state index contributed by atoms with van der Waals surface area (Å²) in [4.78, 5) is 16.2. The Morgan fingerprint density at radius 2 is 2.04 bits per heavy atom. The number of nitrogens with one attached hydrogen (secondary N) is 3. The minimum absolute atomic E-state index is 0.123. The van der Waals surface area contributed by atoms with Crippen LogP contribution < -0.4 is 16.0 Å². The lowest BCUT2D eigenvalue weighted by Gasteiger charge is -2.18. The molecule has 0 bridgehead atoms. The van der Waals surface area contributed by atoms with Crippen molar-refractivity contribution in [2.75, 3.05) is 13.1 Å². The van der Waals surface area contributed by atoms with Crippen LogP contribution >= 0.6 is 11.6 Å². The van der Waals surface area contributed by atoms with Crippen LogP contribution in [-0.4, -0.2) is 31.0 Å². The molecule has 132 valence electrons. The Hall–Kier alpha value is -1.75. The van der Waals surface area contributed by atoms with Gasteiger partial charge in [0.15, 0.2) is 5.96 Å². The third-order valence-electron chi connectivity index (χ3n) is 3.84. The lowest BCUT2D eigenvalue weighted by Crippen LogP contribution is -2.38. The molecule has 1 unspecified atom stereocenters. The van der Waals surface area contributed by atoms with E-state index in [1.807, 2.05) is 31.2 Å². The van der Waals surface area contributed by atoms with Crippen molar-refractivity contribution in [3.63, 3.8) is 0 Å². The third-order valence-corrected chi connectivity index (χ3v) is 4.09. The molecule has 0 heterocycles. The second kappa shape index (κ2) is 9.52. The quantitative estimate of drug-likeness (QED) is 0.383. The minimum atomic E-state index is 0.123. The molecule has 1 aliphatic carbocycles. The largest absolute Gasteiger partial charge is 0.357 e. The van der Waals surface area contributed by atoms with E-state index in [-0.39, 0.29) is 11.9 Å². The van der Waals surface area contributed by atoms with Crippen LogP contribution in [0.1, 0.15) is 51.1 Å². The van der Waals surface area contributed by atoms with Crippen LogP contribution in [0, 0.1) is 0 Å². The number of benzene rings is 1. The van der Waals surface area contributed by atoms with Crippen LogP contribution in [0.15, 0.2) is 29.3 Å². The molecule has 1 aromatic carbocycles. The maximum absolute atomic E-state index is 11.7. The number of hydrogen-bond donors (Lipinski definition) is 3. The van der Waals surface area contributed by atoms with Gasteiger partial charge >= 0.3 is 0 Å². The van der Waals surface area contributed by atoms with Crippen molar-refractivity contribution in [2.24, 2.45) is 4.99 Å². The number of carbonyl (C=O) groups is 1. The summed E-state index contributed by atoms with van der Waals surface area (Å²) in [6.45, 7) is 5.54. The standard InChI is InChI=1S/C18H27ClN4O/c1-3-20-18(21-12-4-5-17(24)23-16-10-11-16)22-13(2)14-6-8-15(19)9-7-14/h6-9,13,16H,3-5,10-12H2,1-2H3,(H,23,24)(H2,20,21,22). The molecule has 0 aliphatic heterocycles. The number of guanidine groups is 1. The molecule has 1 amide bonds. The summed E-state index contributed by atoms with van der Waals surface area (Å²) in [6.07, 6.45) is 3.54. The van der Waals surface area contributed by atoms with Crippen molar-refractivity contribution in [3.8, 4) is 0 Å². The summed E-state index contributed by atoms with van der Waals surface area (Å²) in [7, 11) is 0. The maximum Gasteiger partial charge on any atom is 0.220 e. The highest BCUT2D eigenvalue weighted by atomic mass is 35.5. The summed E-state index contributed by atoms with van der Waals surface area (Å²) in [5, 5.41) is 10.3. The molecule has 0 radical (unpaired) electrons. The third kappa shape index (κ3) is 6.79. The average molecular weight is 351 g/mol. The van der Waals surface area contributed by atoms with Crippen LogP contribution in [-0.2, 0) is 4.79 Å². The Morgan fingerprint density at radius 3 is 2.67 bits per heavy atom. The van der Waals surface area contributed by atoms with Crippen molar-refractivity contribution < 1.29 is 4.79 Å². The van der Waals surface area contributed by atoms with E-state index in [1.54, 1.807) is 0 Å². The van der Waals surface area contributed by atoms with E-state index < -0.39 is 0 Å². The predicted octanol–water partition coefficient (Wildman–Crippen LogP) is 3.01. The van der Waals surface area contributed by atoms with Crippen LogP contribution in [0.2, 0.25) is 5.02 Å². The first-order chi connectivity index (χ1) is 11.6. The first-order valence-electron chi connectivity index (χ1n) is 8.68. The van der Waals surface area contributed by atoms with E-state index in [0.29, 0.717) is 19.0 Å². The molecule has 24 heavy (non-hydrogen) atoms. The molecule has 6 heteroatoms. The fourth-order valence-electron chi connectivity index (χ4n) is 2.32. The number of amides is 1. The summed E-state index contributed by atoms with van der Waals surface area (Å²) >= 11 is 5.93. The number of nitrogens with zero attached hydrogens (tertiary/aromatic N) is 1. The van der Waals surface area contributed by atoms with Gasteiger partial charge in [-0.1, -0.05) is 23.7 Å². The summed E-state index contributed by atoms with van der Waals surface area (Å²) in [6, 6.07) is 8.34. The van der Waals surface area contributed by atoms with E-state index >= 15 is 0 Å². The Labute approximate surface area is 149 Å². The molecule has 1 aromatic rings. The monoisotopic (exact) mass is 350 g/mol. The van der Waals surface area contributed by atoms with Gasteiger partial charge in [0, 0.05) is 30.6 Å². The number of carbonyl (C=O) groups excluding carboxylic acids is 1. The second-order valence-electron chi connectivity index (χ2n) is 6.12. The summed E-state index contributed by atoms with van der Waals surface area (Å²) in [5.41, 5.74) is 1.15. The van der Waals surface area contributed by atoms with Crippen LogP contribution in [0.3, 0.4) is 0 Å². The van der Waals surface area contributed by atoms with Gasteiger partial charge in [0.05, 0.1) is 6.04 Å². The summed E-state index contributed by atoms with van der Waals surface area (Å²) in [5.74, 6) is 0.905. The van der Waals surface area contributed by atoms with Crippen molar-refractivity contribution in [1.29, 1.82) is 0 Å². The topological polar surface area (TPSA) is 65.5 Å². The van der Waals surface area contributed by atoms with E-state index in [9.17, 15) is 4.79 Å². The van der Waals surface area contributed by atoms with Gasteiger partial charge in [-0.25, -0.2) is 0 Å². The highest BCUT2D eigenvalue weighted by molar-refractivity contribution is 6.30. The zero-order valence-electron chi connectivity index (χ0n) is 14.4. The van der Waals surface area contributed by atoms with E-state index in [1.165, 1.54) is 0 Å². The van der Waals surface area contributed by atoms with Crippen molar-refractivity contribution in [3.05, 3.63) is 34.9 Å². The number of hydrogen-bond acceptors (Lipinski definition) is 2. The molecular formula is C18H27ClN4O. The Balaban J connectivity index is 1.78. The Bertz CT molecular complexity index is 555. The predicted molar refractivity (Wildman–Crippen MR) is 99.4 cm³/mol. The van der Waals surface area contributed by atoms with Gasteiger partial charge in [-0.05, 0) is 50.8 Å². The van der Waals surface area contributed by atoms with E-state index in [0.717, 1.165) is 42.4 Å². The van der Waals surface area contributed by atoms with Gasteiger partial charge < -0.3 is 16.0 Å². The highest BCUT2D eigenvalue weighted by Gasteiger charge is 2.22. The molecule has 3 N–H and O–H groups in total. The molecule has 5 nitrogen and oxygen atoms in total. The van der Waals surface area contributed by atoms with Crippen molar-refractivity contribution >= 4 is 23.5 Å². The Kier molecular flexibility index (Phi) is 7.37. The van der Waals surface area contributed by atoms with Crippen molar-refractivity contribution in [1.82, 2.24) is 16.0 Å².